The Hall–Kier alpha value is -2.05. The number of hydrogen-bond donors (Lipinski definition) is 1. The predicted octanol–water partition coefficient (Wildman–Crippen LogP) is 6.81. The number of thiazole rings is 1. The van der Waals surface area contributed by atoms with Crippen LogP contribution < -0.4 is 10.1 Å². The van der Waals surface area contributed by atoms with Crippen LogP contribution in [-0.2, 0) is 0 Å². The highest BCUT2D eigenvalue weighted by molar-refractivity contribution is 8.00. The summed E-state index contributed by atoms with van der Waals surface area (Å²) in [6.45, 7) is 1.99. The number of ether oxygens (including phenoxy) is 1. The fraction of sp³-hybridized carbons (Fsp3) is 0.333. The minimum Gasteiger partial charge on any atom is -0.453 e. The van der Waals surface area contributed by atoms with Gasteiger partial charge in [0.15, 0.2) is 16.7 Å². The molecular formula is C21H23N3OS2. The van der Waals surface area contributed by atoms with E-state index in [1.54, 1.807) is 11.3 Å². The predicted molar refractivity (Wildman–Crippen MR) is 114 cm³/mol. The first kappa shape index (κ1) is 18.3. The summed E-state index contributed by atoms with van der Waals surface area (Å²) in [6, 6.07) is 11.9. The van der Waals surface area contributed by atoms with Crippen LogP contribution >= 0.6 is 23.1 Å². The molecule has 4 nitrogen and oxygen atoms in total. The lowest BCUT2D eigenvalue weighted by Crippen LogP contribution is -2.07. The standard InChI is InChI=1S/C21H23N3OS2/c1-15-14-26-21(23-15)24-20-19(25-16-8-4-2-5-9-16)12-18(13-22-20)27-17-10-6-3-7-11-17/h2,4-5,8-9,12-14,17H,3,6-7,10-11H2,1H3,(H,22,23,24). The van der Waals surface area contributed by atoms with E-state index >= 15 is 0 Å². The van der Waals surface area contributed by atoms with Crippen LogP contribution in [0, 0.1) is 6.92 Å². The molecule has 1 aromatic carbocycles. The summed E-state index contributed by atoms with van der Waals surface area (Å²) in [6.07, 6.45) is 8.56. The molecule has 4 rings (SSSR count). The van der Waals surface area contributed by atoms with Gasteiger partial charge in [-0.05, 0) is 38.0 Å². The Morgan fingerprint density at radius 2 is 1.96 bits per heavy atom. The van der Waals surface area contributed by atoms with Gasteiger partial charge in [0, 0.05) is 21.7 Å². The van der Waals surface area contributed by atoms with Gasteiger partial charge in [-0.2, -0.15) is 0 Å². The summed E-state index contributed by atoms with van der Waals surface area (Å²) in [5, 5.41) is 6.84. The largest absolute Gasteiger partial charge is 0.453 e. The van der Waals surface area contributed by atoms with Gasteiger partial charge in [-0.25, -0.2) is 9.97 Å². The maximum Gasteiger partial charge on any atom is 0.188 e. The number of benzene rings is 1. The van der Waals surface area contributed by atoms with E-state index in [4.69, 9.17) is 4.74 Å². The van der Waals surface area contributed by atoms with Crippen LogP contribution in [0.5, 0.6) is 11.5 Å². The Morgan fingerprint density at radius 3 is 2.70 bits per heavy atom. The summed E-state index contributed by atoms with van der Waals surface area (Å²) in [4.78, 5) is 10.3. The molecule has 0 atom stereocenters. The van der Waals surface area contributed by atoms with Gasteiger partial charge in [0.1, 0.15) is 5.75 Å². The van der Waals surface area contributed by atoms with Crippen LogP contribution in [0.1, 0.15) is 37.8 Å². The van der Waals surface area contributed by atoms with Crippen LogP contribution in [0.4, 0.5) is 10.9 Å². The van der Waals surface area contributed by atoms with Crippen molar-refractivity contribution >= 4 is 34.0 Å². The van der Waals surface area contributed by atoms with E-state index in [9.17, 15) is 0 Å². The molecule has 2 aromatic heterocycles. The zero-order valence-corrected chi connectivity index (χ0v) is 17.0. The van der Waals surface area contributed by atoms with Crippen LogP contribution in [0.15, 0.2) is 52.9 Å². The van der Waals surface area contributed by atoms with Gasteiger partial charge >= 0.3 is 0 Å². The molecule has 0 aliphatic heterocycles. The van der Waals surface area contributed by atoms with Gasteiger partial charge in [0.2, 0.25) is 0 Å². The number of hydrogen-bond acceptors (Lipinski definition) is 6. The minimum atomic E-state index is 0.686. The summed E-state index contributed by atoms with van der Waals surface area (Å²) >= 11 is 3.49. The molecular weight excluding hydrogens is 374 g/mol. The summed E-state index contributed by atoms with van der Waals surface area (Å²) in [7, 11) is 0. The highest BCUT2D eigenvalue weighted by Gasteiger charge is 2.17. The van der Waals surface area contributed by atoms with Crippen LogP contribution in [-0.4, -0.2) is 15.2 Å². The molecule has 1 aliphatic carbocycles. The Balaban J connectivity index is 1.58. The number of rotatable bonds is 6. The molecule has 0 bridgehead atoms. The number of pyridine rings is 1. The second kappa shape index (κ2) is 8.76. The number of para-hydroxylation sites is 1. The van der Waals surface area contributed by atoms with E-state index < -0.39 is 0 Å². The monoisotopic (exact) mass is 397 g/mol. The highest BCUT2D eigenvalue weighted by Crippen LogP contribution is 2.38. The summed E-state index contributed by atoms with van der Waals surface area (Å²) in [5.41, 5.74) is 0.998. The van der Waals surface area contributed by atoms with Crippen molar-refractivity contribution in [1.29, 1.82) is 0 Å². The minimum absolute atomic E-state index is 0.686. The first-order valence-corrected chi connectivity index (χ1v) is 11.1. The molecule has 1 saturated carbocycles. The van der Waals surface area contributed by atoms with E-state index in [-0.39, 0.29) is 0 Å². The van der Waals surface area contributed by atoms with E-state index in [1.807, 2.05) is 60.6 Å². The second-order valence-corrected chi connectivity index (χ2v) is 8.96. The highest BCUT2D eigenvalue weighted by atomic mass is 32.2. The molecule has 0 saturated heterocycles. The SMILES string of the molecule is Cc1csc(Nc2ncc(SC3CCCCC3)cc2Oc2ccccc2)n1. The zero-order valence-electron chi connectivity index (χ0n) is 15.4. The van der Waals surface area contributed by atoms with Crippen LogP contribution in [0.2, 0.25) is 0 Å². The topological polar surface area (TPSA) is 47.0 Å². The number of aryl methyl sites for hydroxylation is 1. The molecule has 0 amide bonds. The fourth-order valence-electron chi connectivity index (χ4n) is 3.17. The Bertz CT molecular complexity index is 876. The van der Waals surface area contributed by atoms with E-state index in [0.29, 0.717) is 11.1 Å². The van der Waals surface area contributed by atoms with Gasteiger partial charge in [-0.3, -0.25) is 0 Å². The quantitative estimate of drug-likeness (QED) is 0.495. The maximum atomic E-state index is 6.16. The van der Waals surface area contributed by atoms with Crippen molar-refractivity contribution in [3.05, 3.63) is 53.7 Å². The molecule has 0 unspecified atom stereocenters. The molecule has 6 heteroatoms. The third kappa shape index (κ3) is 5.02. The van der Waals surface area contributed by atoms with E-state index in [2.05, 4.69) is 21.4 Å². The second-order valence-electron chi connectivity index (χ2n) is 6.73. The van der Waals surface area contributed by atoms with Crippen molar-refractivity contribution < 1.29 is 4.74 Å². The van der Waals surface area contributed by atoms with Crippen molar-refractivity contribution in [3.8, 4) is 11.5 Å². The van der Waals surface area contributed by atoms with Gasteiger partial charge in [0.05, 0.1) is 5.69 Å². The maximum absolute atomic E-state index is 6.16. The van der Waals surface area contributed by atoms with Crippen molar-refractivity contribution in [3.63, 3.8) is 0 Å². The molecule has 1 aliphatic rings. The number of anilines is 2. The van der Waals surface area contributed by atoms with Crippen molar-refractivity contribution in [2.45, 2.75) is 49.2 Å². The third-order valence-corrected chi connectivity index (χ3v) is 6.67. The normalized spacial score (nSPS) is 14.9. The van der Waals surface area contributed by atoms with Crippen molar-refractivity contribution in [2.24, 2.45) is 0 Å². The molecule has 3 aromatic rings. The number of nitrogens with zero attached hydrogens (tertiary/aromatic N) is 2. The number of aromatic nitrogens is 2. The number of nitrogens with one attached hydrogen (secondary N) is 1. The fourth-order valence-corrected chi connectivity index (χ4v) is 5.10. The first-order chi connectivity index (χ1) is 13.3. The lowest BCUT2D eigenvalue weighted by molar-refractivity contribution is 0.481. The third-order valence-electron chi connectivity index (χ3n) is 4.50. The molecule has 27 heavy (non-hydrogen) atoms. The average molecular weight is 398 g/mol. The Labute approximate surface area is 168 Å². The van der Waals surface area contributed by atoms with Gasteiger partial charge in [0.25, 0.3) is 0 Å². The Morgan fingerprint density at radius 1 is 1.15 bits per heavy atom. The van der Waals surface area contributed by atoms with Gasteiger partial charge in [-0.15, -0.1) is 23.1 Å². The van der Waals surface area contributed by atoms with Gasteiger partial charge in [-0.1, -0.05) is 37.5 Å². The lowest BCUT2D eigenvalue weighted by atomic mass is 10.0. The molecule has 0 radical (unpaired) electrons. The van der Waals surface area contributed by atoms with Crippen LogP contribution in [0.25, 0.3) is 0 Å². The van der Waals surface area contributed by atoms with Crippen molar-refractivity contribution in [1.82, 2.24) is 9.97 Å². The molecule has 140 valence electrons. The molecule has 1 N–H and O–H groups in total. The average Bonchev–Trinajstić information content (AvgIpc) is 3.10. The Kier molecular flexibility index (Phi) is 5.94. The van der Waals surface area contributed by atoms with Crippen molar-refractivity contribution in [2.75, 3.05) is 5.32 Å². The molecule has 2 heterocycles. The van der Waals surface area contributed by atoms with E-state index in [1.165, 1.54) is 32.1 Å². The summed E-state index contributed by atoms with van der Waals surface area (Å²) in [5.74, 6) is 2.23. The first-order valence-electron chi connectivity index (χ1n) is 9.35. The van der Waals surface area contributed by atoms with Gasteiger partial charge < -0.3 is 10.1 Å². The molecule has 1 fully saturated rings. The zero-order chi connectivity index (χ0) is 18.5. The van der Waals surface area contributed by atoms with E-state index in [0.717, 1.165) is 27.2 Å². The summed E-state index contributed by atoms with van der Waals surface area (Å²) < 4.78 is 6.16. The lowest BCUT2D eigenvalue weighted by Gasteiger charge is -2.21. The van der Waals surface area contributed by atoms with Crippen LogP contribution in [0.3, 0.4) is 0 Å². The molecule has 0 spiro atoms. The number of thioether (sulfide) groups is 1. The smallest absolute Gasteiger partial charge is 0.188 e.